The summed E-state index contributed by atoms with van der Waals surface area (Å²) in [6.45, 7) is 1.98. The molecule has 3 N–H and O–H groups in total. The molecule has 1 heterocycles. The van der Waals surface area contributed by atoms with Crippen LogP contribution in [0.15, 0.2) is 33.9 Å². The van der Waals surface area contributed by atoms with Crippen molar-refractivity contribution in [1.29, 1.82) is 0 Å². The average molecular weight is 300 g/mol. The van der Waals surface area contributed by atoms with Crippen molar-refractivity contribution >= 4 is 27.0 Å². The van der Waals surface area contributed by atoms with Crippen molar-refractivity contribution < 1.29 is 12.8 Å². The number of nitrogens with one attached hydrogen (secondary N) is 1. The molecule has 0 atom stereocenters. The Labute approximate surface area is 115 Å². The van der Waals surface area contributed by atoms with Crippen LogP contribution in [0.1, 0.15) is 11.1 Å². The third-order valence-corrected chi connectivity index (χ3v) is 5.29. The molecular formula is C12H13FN2O2S2. The zero-order valence-electron chi connectivity index (χ0n) is 10.2. The number of halogens is 1. The van der Waals surface area contributed by atoms with Gasteiger partial charge in [0.05, 0.1) is 5.69 Å². The van der Waals surface area contributed by atoms with Gasteiger partial charge in [0.25, 0.3) is 10.0 Å². The van der Waals surface area contributed by atoms with Crippen LogP contribution in [0, 0.1) is 12.7 Å². The predicted molar refractivity (Wildman–Crippen MR) is 74.2 cm³/mol. The first-order valence-corrected chi connectivity index (χ1v) is 7.84. The fourth-order valence-electron chi connectivity index (χ4n) is 1.60. The van der Waals surface area contributed by atoms with Crippen molar-refractivity contribution in [3.63, 3.8) is 0 Å². The maximum Gasteiger partial charge on any atom is 0.271 e. The molecule has 0 unspecified atom stereocenters. The number of hydrogen-bond donors (Lipinski definition) is 2. The third-order valence-electron chi connectivity index (χ3n) is 2.42. The summed E-state index contributed by atoms with van der Waals surface area (Å²) in [4.78, 5) is 0. The fraction of sp³-hybridized carbons (Fsp3) is 0.167. The van der Waals surface area contributed by atoms with Gasteiger partial charge in [0.2, 0.25) is 0 Å². The summed E-state index contributed by atoms with van der Waals surface area (Å²) in [5.74, 6) is -0.480. The molecule has 1 aromatic heterocycles. The lowest BCUT2D eigenvalue weighted by molar-refractivity contribution is 0.603. The second-order valence-electron chi connectivity index (χ2n) is 4.10. The van der Waals surface area contributed by atoms with Gasteiger partial charge in [-0.05, 0) is 47.7 Å². The highest BCUT2D eigenvalue weighted by Gasteiger charge is 2.17. The highest BCUT2D eigenvalue weighted by Crippen LogP contribution is 2.23. The first-order valence-electron chi connectivity index (χ1n) is 5.48. The van der Waals surface area contributed by atoms with E-state index < -0.39 is 15.8 Å². The number of aryl methyl sites for hydroxylation is 1. The van der Waals surface area contributed by atoms with Gasteiger partial charge < -0.3 is 5.73 Å². The molecule has 0 amide bonds. The van der Waals surface area contributed by atoms with Gasteiger partial charge in [0.1, 0.15) is 10.0 Å². The highest BCUT2D eigenvalue weighted by molar-refractivity contribution is 7.94. The van der Waals surface area contributed by atoms with Crippen molar-refractivity contribution in [2.24, 2.45) is 5.73 Å². The molecule has 0 saturated heterocycles. The van der Waals surface area contributed by atoms with Gasteiger partial charge in [0, 0.05) is 6.54 Å². The highest BCUT2D eigenvalue weighted by atomic mass is 32.2. The molecule has 1 aromatic carbocycles. The third kappa shape index (κ3) is 3.31. The first kappa shape index (κ1) is 14.0. The van der Waals surface area contributed by atoms with Crippen LogP contribution >= 0.6 is 11.3 Å². The molecule has 0 aliphatic rings. The second-order valence-corrected chi connectivity index (χ2v) is 6.92. The van der Waals surface area contributed by atoms with Crippen molar-refractivity contribution in [2.45, 2.75) is 17.7 Å². The fourth-order valence-corrected chi connectivity index (χ4v) is 3.86. The minimum absolute atomic E-state index is 0.162. The van der Waals surface area contributed by atoms with Gasteiger partial charge in [-0.15, -0.1) is 11.3 Å². The molecule has 2 aromatic rings. The molecule has 2 rings (SSSR count). The summed E-state index contributed by atoms with van der Waals surface area (Å²) in [6.07, 6.45) is 0. The number of rotatable bonds is 4. The molecule has 0 fully saturated rings. The Kier molecular flexibility index (Phi) is 3.88. The van der Waals surface area contributed by atoms with E-state index in [0.29, 0.717) is 5.56 Å². The summed E-state index contributed by atoms with van der Waals surface area (Å²) < 4.78 is 39.9. The van der Waals surface area contributed by atoms with Gasteiger partial charge in [-0.25, -0.2) is 12.8 Å². The SMILES string of the molecule is Cc1cc(F)cc(NS(=O)(=O)c2cc(CN)cs2)c1. The molecule has 102 valence electrons. The number of anilines is 1. The molecular weight excluding hydrogens is 287 g/mol. The smallest absolute Gasteiger partial charge is 0.271 e. The molecule has 0 saturated carbocycles. The van der Waals surface area contributed by atoms with Crippen molar-refractivity contribution in [3.8, 4) is 0 Å². The lowest BCUT2D eigenvalue weighted by Gasteiger charge is -2.07. The normalized spacial score (nSPS) is 11.5. The summed E-state index contributed by atoms with van der Waals surface area (Å²) in [6, 6.07) is 5.55. The van der Waals surface area contributed by atoms with Crippen LogP contribution < -0.4 is 10.5 Å². The van der Waals surface area contributed by atoms with Crippen LogP contribution in [0.25, 0.3) is 0 Å². The average Bonchev–Trinajstić information content (AvgIpc) is 2.75. The molecule has 0 aliphatic heterocycles. The number of benzene rings is 1. The molecule has 19 heavy (non-hydrogen) atoms. The minimum Gasteiger partial charge on any atom is -0.326 e. The second kappa shape index (κ2) is 5.28. The molecule has 0 aliphatic carbocycles. The van der Waals surface area contributed by atoms with E-state index >= 15 is 0 Å². The van der Waals surface area contributed by atoms with Crippen LogP contribution in [0.3, 0.4) is 0 Å². The van der Waals surface area contributed by atoms with E-state index in [1.54, 1.807) is 18.4 Å². The maximum atomic E-state index is 13.2. The molecule has 4 nitrogen and oxygen atoms in total. The van der Waals surface area contributed by atoms with E-state index in [4.69, 9.17) is 5.73 Å². The van der Waals surface area contributed by atoms with Crippen molar-refractivity contribution in [2.75, 3.05) is 4.72 Å². The lowest BCUT2D eigenvalue weighted by atomic mass is 10.2. The van der Waals surface area contributed by atoms with Gasteiger partial charge in [0.15, 0.2) is 0 Å². The Morgan fingerprint density at radius 1 is 1.32 bits per heavy atom. The summed E-state index contributed by atoms with van der Waals surface area (Å²) in [5, 5.41) is 1.69. The van der Waals surface area contributed by atoms with Gasteiger partial charge in [-0.3, -0.25) is 4.72 Å². The van der Waals surface area contributed by atoms with E-state index in [1.807, 2.05) is 0 Å². The topological polar surface area (TPSA) is 72.2 Å². The van der Waals surface area contributed by atoms with Crippen LogP contribution in [0.2, 0.25) is 0 Å². The standard InChI is InChI=1S/C12H13FN2O2S2/c1-8-2-10(13)5-11(3-8)15-19(16,17)12-4-9(6-14)7-18-12/h2-5,7,15H,6,14H2,1H3. The van der Waals surface area contributed by atoms with Gasteiger partial charge >= 0.3 is 0 Å². The van der Waals surface area contributed by atoms with E-state index in [-0.39, 0.29) is 16.4 Å². The van der Waals surface area contributed by atoms with Gasteiger partial charge in [-0.2, -0.15) is 0 Å². The Morgan fingerprint density at radius 2 is 2.05 bits per heavy atom. The van der Waals surface area contributed by atoms with Crippen molar-refractivity contribution in [1.82, 2.24) is 0 Å². The Hall–Kier alpha value is -1.44. The van der Waals surface area contributed by atoms with Crippen LogP contribution in [-0.2, 0) is 16.6 Å². The largest absolute Gasteiger partial charge is 0.326 e. The monoisotopic (exact) mass is 300 g/mol. The number of nitrogens with two attached hydrogens (primary N) is 1. The summed E-state index contributed by atoms with van der Waals surface area (Å²) in [5.41, 5.74) is 7.04. The molecule has 0 radical (unpaired) electrons. The summed E-state index contributed by atoms with van der Waals surface area (Å²) >= 11 is 1.08. The zero-order chi connectivity index (χ0) is 14.0. The summed E-state index contributed by atoms with van der Waals surface area (Å²) in [7, 11) is -3.69. The Morgan fingerprint density at radius 3 is 2.63 bits per heavy atom. The number of sulfonamides is 1. The lowest BCUT2D eigenvalue weighted by Crippen LogP contribution is -2.11. The van der Waals surface area contributed by atoms with E-state index in [1.165, 1.54) is 12.1 Å². The first-order chi connectivity index (χ1) is 8.90. The quantitative estimate of drug-likeness (QED) is 0.911. The maximum absolute atomic E-state index is 13.2. The predicted octanol–water partition coefficient (Wildman–Crippen LogP) is 2.46. The number of hydrogen-bond acceptors (Lipinski definition) is 4. The molecule has 7 heteroatoms. The zero-order valence-corrected chi connectivity index (χ0v) is 11.8. The number of thiophene rings is 1. The Balaban J connectivity index is 2.30. The van der Waals surface area contributed by atoms with Crippen LogP contribution in [0.4, 0.5) is 10.1 Å². The van der Waals surface area contributed by atoms with Crippen LogP contribution in [0.5, 0.6) is 0 Å². The van der Waals surface area contributed by atoms with E-state index in [9.17, 15) is 12.8 Å². The minimum atomic E-state index is -3.69. The molecule has 0 bridgehead atoms. The Bertz CT molecular complexity index is 675. The van der Waals surface area contributed by atoms with Crippen molar-refractivity contribution in [3.05, 3.63) is 46.6 Å². The molecule has 0 spiro atoms. The van der Waals surface area contributed by atoms with E-state index in [0.717, 1.165) is 23.0 Å². The van der Waals surface area contributed by atoms with Gasteiger partial charge in [-0.1, -0.05) is 0 Å². The van der Waals surface area contributed by atoms with Crippen LogP contribution in [-0.4, -0.2) is 8.42 Å². The van der Waals surface area contributed by atoms with E-state index in [2.05, 4.69) is 4.72 Å².